The molecule has 3 heterocycles. The summed E-state index contributed by atoms with van der Waals surface area (Å²) < 4.78 is 5.49. The van der Waals surface area contributed by atoms with Gasteiger partial charge >= 0.3 is 0 Å². The van der Waals surface area contributed by atoms with Crippen molar-refractivity contribution in [1.82, 2.24) is 20.2 Å². The minimum absolute atomic E-state index is 0.522. The molecule has 0 radical (unpaired) electrons. The normalized spacial score (nSPS) is 14.0. The van der Waals surface area contributed by atoms with Gasteiger partial charge in [-0.2, -0.15) is 10.1 Å². The summed E-state index contributed by atoms with van der Waals surface area (Å²) in [5.74, 6) is 2.26. The molecular formula is C20H23N7O. The molecule has 28 heavy (non-hydrogen) atoms. The monoisotopic (exact) mass is 377 g/mol. The molecule has 0 aliphatic carbocycles. The average molecular weight is 377 g/mol. The van der Waals surface area contributed by atoms with Crippen LogP contribution in [0.2, 0.25) is 0 Å². The summed E-state index contributed by atoms with van der Waals surface area (Å²) in [7, 11) is 1.71. The van der Waals surface area contributed by atoms with Crippen LogP contribution in [0.5, 0.6) is 5.75 Å². The SMILES string of the molecule is COc1ccccc1N1CCN(c2cnnc(NCc3cccnc3)n2)CC1. The van der Waals surface area contributed by atoms with E-state index >= 15 is 0 Å². The summed E-state index contributed by atoms with van der Waals surface area (Å²) in [6.07, 6.45) is 5.29. The summed E-state index contributed by atoms with van der Waals surface area (Å²) in [5.41, 5.74) is 2.20. The first-order valence-corrected chi connectivity index (χ1v) is 9.29. The zero-order valence-corrected chi connectivity index (χ0v) is 15.8. The van der Waals surface area contributed by atoms with Gasteiger partial charge < -0.3 is 19.9 Å². The Morgan fingerprint density at radius 2 is 1.82 bits per heavy atom. The van der Waals surface area contributed by atoms with Gasteiger partial charge in [0, 0.05) is 45.1 Å². The highest BCUT2D eigenvalue weighted by Crippen LogP contribution is 2.28. The van der Waals surface area contributed by atoms with Crippen LogP contribution >= 0.6 is 0 Å². The van der Waals surface area contributed by atoms with Crippen molar-refractivity contribution in [3.8, 4) is 5.75 Å². The van der Waals surface area contributed by atoms with Crippen LogP contribution in [0, 0.1) is 0 Å². The second-order valence-electron chi connectivity index (χ2n) is 6.50. The van der Waals surface area contributed by atoms with E-state index in [2.05, 4.69) is 41.3 Å². The fraction of sp³-hybridized carbons (Fsp3) is 0.300. The highest BCUT2D eigenvalue weighted by Gasteiger charge is 2.21. The first-order valence-electron chi connectivity index (χ1n) is 9.29. The Morgan fingerprint density at radius 3 is 2.61 bits per heavy atom. The van der Waals surface area contributed by atoms with Crippen LogP contribution in [-0.4, -0.2) is 53.5 Å². The van der Waals surface area contributed by atoms with Gasteiger partial charge in [-0.1, -0.05) is 18.2 Å². The molecule has 2 aromatic heterocycles. The lowest BCUT2D eigenvalue weighted by Crippen LogP contribution is -2.47. The predicted octanol–water partition coefficient (Wildman–Crippen LogP) is 2.21. The highest BCUT2D eigenvalue weighted by atomic mass is 16.5. The Labute approximate surface area is 164 Å². The molecule has 1 saturated heterocycles. The minimum atomic E-state index is 0.522. The highest BCUT2D eigenvalue weighted by molar-refractivity contribution is 5.59. The summed E-state index contributed by atoms with van der Waals surface area (Å²) in [6, 6.07) is 12.0. The molecule has 0 spiro atoms. The summed E-state index contributed by atoms with van der Waals surface area (Å²) in [6.45, 7) is 4.11. The Balaban J connectivity index is 1.38. The maximum atomic E-state index is 5.49. The van der Waals surface area contributed by atoms with E-state index in [4.69, 9.17) is 4.74 Å². The predicted molar refractivity (Wildman–Crippen MR) is 109 cm³/mol. The zero-order chi connectivity index (χ0) is 19.2. The Hall–Kier alpha value is -3.42. The Morgan fingerprint density at radius 1 is 1.00 bits per heavy atom. The molecule has 0 saturated carbocycles. The number of hydrogen-bond donors (Lipinski definition) is 1. The maximum absolute atomic E-state index is 5.49. The van der Waals surface area contributed by atoms with Crippen LogP contribution in [0.4, 0.5) is 17.5 Å². The third-order valence-electron chi connectivity index (χ3n) is 4.75. The lowest BCUT2D eigenvalue weighted by Gasteiger charge is -2.37. The number of para-hydroxylation sites is 2. The second kappa shape index (κ2) is 8.51. The molecule has 0 unspecified atom stereocenters. The molecule has 0 atom stereocenters. The fourth-order valence-corrected chi connectivity index (χ4v) is 3.27. The van der Waals surface area contributed by atoms with Crippen molar-refractivity contribution in [2.75, 3.05) is 48.4 Å². The van der Waals surface area contributed by atoms with Crippen molar-refractivity contribution in [1.29, 1.82) is 0 Å². The number of anilines is 3. The third kappa shape index (κ3) is 4.11. The van der Waals surface area contributed by atoms with Crippen molar-refractivity contribution in [2.24, 2.45) is 0 Å². The molecule has 3 aromatic rings. The Bertz CT molecular complexity index is 898. The molecular weight excluding hydrogens is 354 g/mol. The molecule has 1 fully saturated rings. The van der Waals surface area contributed by atoms with Gasteiger partial charge in [-0.3, -0.25) is 4.98 Å². The number of ether oxygens (including phenoxy) is 1. The van der Waals surface area contributed by atoms with E-state index in [1.165, 1.54) is 0 Å². The number of rotatable bonds is 6. The van der Waals surface area contributed by atoms with E-state index in [0.29, 0.717) is 12.5 Å². The van der Waals surface area contributed by atoms with Crippen LogP contribution in [0.25, 0.3) is 0 Å². The van der Waals surface area contributed by atoms with Gasteiger partial charge in [0.25, 0.3) is 0 Å². The van der Waals surface area contributed by atoms with Crippen molar-refractivity contribution >= 4 is 17.5 Å². The minimum Gasteiger partial charge on any atom is -0.495 e. The number of pyridine rings is 1. The smallest absolute Gasteiger partial charge is 0.244 e. The van der Waals surface area contributed by atoms with Crippen LogP contribution < -0.4 is 19.9 Å². The molecule has 4 rings (SSSR count). The molecule has 8 nitrogen and oxygen atoms in total. The number of piperazine rings is 1. The van der Waals surface area contributed by atoms with Gasteiger partial charge in [-0.25, -0.2) is 0 Å². The van der Waals surface area contributed by atoms with Gasteiger partial charge in [0.05, 0.1) is 19.0 Å². The van der Waals surface area contributed by atoms with Gasteiger partial charge in [-0.05, 0) is 23.8 Å². The van der Waals surface area contributed by atoms with E-state index in [1.807, 2.05) is 36.5 Å². The topological polar surface area (TPSA) is 79.3 Å². The summed E-state index contributed by atoms with van der Waals surface area (Å²) in [5, 5.41) is 11.4. The number of benzene rings is 1. The first-order chi connectivity index (χ1) is 13.8. The number of aromatic nitrogens is 4. The molecule has 8 heteroatoms. The van der Waals surface area contributed by atoms with Crippen molar-refractivity contribution in [2.45, 2.75) is 6.54 Å². The molecule has 0 amide bonds. The molecule has 1 aromatic carbocycles. The summed E-state index contributed by atoms with van der Waals surface area (Å²) in [4.78, 5) is 13.3. The molecule has 0 bridgehead atoms. The molecule has 1 N–H and O–H groups in total. The van der Waals surface area contributed by atoms with Crippen molar-refractivity contribution in [3.05, 3.63) is 60.6 Å². The van der Waals surface area contributed by atoms with Gasteiger partial charge in [0.15, 0.2) is 5.82 Å². The average Bonchev–Trinajstić information content (AvgIpc) is 2.79. The Kier molecular flexibility index (Phi) is 5.46. The molecule has 144 valence electrons. The largest absolute Gasteiger partial charge is 0.495 e. The van der Waals surface area contributed by atoms with E-state index < -0.39 is 0 Å². The van der Waals surface area contributed by atoms with Crippen molar-refractivity contribution < 1.29 is 4.74 Å². The number of nitrogens with zero attached hydrogens (tertiary/aromatic N) is 6. The van der Waals surface area contributed by atoms with E-state index in [0.717, 1.165) is 49.0 Å². The molecule has 1 aliphatic heterocycles. The lowest BCUT2D eigenvalue weighted by molar-refractivity contribution is 0.413. The van der Waals surface area contributed by atoms with Crippen LogP contribution in [-0.2, 0) is 6.54 Å². The van der Waals surface area contributed by atoms with Gasteiger partial charge in [0.1, 0.15) is 5.75 Å². The number of hydrogen-bond acceptors (Lipinski definition) is 8. The molecule has 1 aliphatic rings. The van der Waals surface area contributed by atoms with Gasteiger partial charge in [0.2, 0.25) is 5.95 Å². The lowest BCUT2D eigenvalue weighted by atomic mass is 10.2. The number of methoxy groups -OCH3 is 1. The second-order valence-corrected chi connectivity index (χ2v) is 6.50. The number of nitrogens with one attached hydrogen (secondary N) is 1. The van der Waals surface area contributed by atoms with E-state index in [9.17, 15) is 0 Å². The van der Waals surface area contributed by atoms with E-state index in [1.54, 1.807) is 19.5 Å². The quantitative estimate of drug-likeness (QED) is 0.700. The van der Waals surface area contributed by atoms with E-state index in [-0.39, 0.29) is 0 Å². The maximum Gasteiger partial charge on any atom is 0.244 e. The first kappa shape index (κ1) is 18.0. The van der Waals surface area contributed by atoms with Crippen LogP contribution in [0.1, 0.15) is 5.56 Å². The summed E-state index contributed by atoms with van der Waals surface area (Å²) >= 11 is 0. The van der Waals surface area contributed by atoms with Crippen LogP contribution in [0.15, 0.2) is 55.0 Å². The third-order valence-corrected chi connectivity index (χ3v) is 4.75. The fourth-order valence-electron chi connectivity index (χ4n) is 3.27. The van der Waals surface area contributed by atoms with Crippen LogP contribution in [0.3, 0.4) is 0 Å². The van der Waals surface area contributed by atoms with Gasteiger partial charge in [-0.15, -0.1) is 5.10 Å². The standard InChI is InChI=1S/C20H23N7O/c1-28-18-7-3-2-6-17(18)26-9-11-27(12-10-26)19-15-23-25-20(24-19)22-14-16-5-4-8-21-13-16/h2-8,13,15H,9-12,14H2,1H3,(H,22,24,25). The van der Waals surface area contributed by atoms with Crippen molar-refractivity contribution in [3.63, 3.8) is 0 Å². The zero-order valence-electron chi connectivity index (χ0n) is 15.8.